The summed E-state index contributed by atoms with van der Waals surface area (Å²) in [5.74, 6) is 0.579. The Hall–Kier alpha value is -2.34. The van der Waals surface area contributed by atoms with Crippen LogP contribution in [-0.2, 0) is 6.61 Å². The second kappa shape index (κ2) is 6.62. The van der Waals surface area contributed by atoms with Gasteiger partial charge >= 0.3 is 0 Å². The summed E-state index contributed by atoms with van der Waals surface area (Å²) < 4.78 is 5.86. The number of hydrogen-bond acceptors (Lipinski definition) is 4. The number of benzene rings is 1. The van der Waals surface area contributed by atoms with Crippen molar-refractivity contribution in [3.05, 3.63) is 47.8 Å². The van der Waals surface area contributed by atoms with E-state index in [1.807, 2.05) is 0 Å². The Labute approximate surface area is 128 Å². The van der Waals surface area contributed by atoms with Gasteiger partial charge in [0.1, 0.15) is 6.10 Å². The topological polar surface area (TPSA) is 87.2 Å². The third kappa shape index (κ3) is 3.28. The average Bonchev–Trinajstić information content (AvgIpc) is 3.20. The molecule has 6 nitrogen and oxygen atoms in total. The summed E-state index contributed by atoms with van der Waals surface area (Å²) >= 11 is 0. The van der Waals surface area contributed by atoms with Gasteiger partial charge in [-0.25, -0.2) is 0 Å². The van der Waals surface area contributed by atoms with Gasteiger partial charge in [-0.15, -0.1) is 0 Å². The minimum absolute atomic E-state index is 0.0000756. The minimum Gasteiger partial charge on any atom is -0.485 e. The zero-order valence-electron chi connectivity index (χ0n) is 12.2. The lowest BCUT2D eigenvalue weighted by atomic mass is 10.1. The van der Waals surface area contributed by atoms with E-state index in [2.05, 4.69) is 15.5 Å². The number of ether oxygens (including phenoxy) is 1. The molecule has 1 heterocycles. The molecule has 1 aliphatic rings. The highest BCUT2D eigenvalue weighted by molar-refractivity contribution is 5.94. The summed E-state index contributed by atoms with van der Waals surface area (Å²) in [6.45, 7) is -0.0227. The van der Waals surface area contributed by atoms with E-state index in [0.29, 0.717) is 11.3 Å². The van der Waals surface area contributed by atoms with Crippen LogP contribution in [0.15, 0.2) is 36.7 Å². The van der Waals surface area contributed by atoms with Crippen LogP contribution in [-0.4, -0.2) is 33.4 Å². The van der Waals surface area contributed by atoms with Crippen molar-refractivity contribution in [2.75, 3.05) is 0 Å². The Morgan fingerprint density at radius 2 is 2.18 bits per heavy atom. The molecule has 0 spiro atoms. The number of aromatic nitrogens is 2. The van der Waals surface area contributed by atoms with Gasteiger partial charge in [-0.05, 0) is 37.0 Å². The first-order chi connectivity index (χ1) is 10.8. The molecule has 0 saturated heterocycles. The van der Waals surface area contributed by atoms with Gasteiger partial charge in [-0.2, -0.15) is 5.10 Å². The van der Waals surface area contributed by atoms with Crippen LogP contribution in [0.1, 0.15) is 35.2 Å². The molecule has 3 N–H and O–H groups in total. The predicted octanol–water partition coefficient (Wildman–Crippen LogP) is 1.63. The molecule has 1 aromatic carbocycles. The average molecular weight is 301 g/mol. The first-order valence-electron chi connectivity index (χ1n) is 7.42. The third-order valence-electron chi connectivity index (χ3n) is 3.93. The van der Waals surface area contributed by atoms with Gasteiger partial charge in [0.25, 0.3) is 5.91 Å². The fourth-order valence-electron chi connectivity index (χ4n) is 2.72. The van der Waals surface area contributed by atoms with E-state index in [4.69, 9.17) is 9.84 Å². The number of aliphatic hydroxyl groups is 1. The standard InChI is InChI=1S/C16H19N3O3/c20-10-11-4-6-12(7-5-11)16(21)19-14-2-1-3-15(14)22-13-8-17-18-9-13/h4-9,14-15,20H,1-3,10H2,(H,17,18)(H,19,21)/t14-,15+/m0/s1. The summed E-state index contributed by atoms with van der Waals surface area (Å²) in [5.41, 5.74) is 1.38. The van der Waals surface area contributed by atoms with E-state index in [1.54, 1.807) is 36.7 Å². The molecule has 2 atom stereocenters. The van der Waals surface area contributed by atoms with Crippen LogP contribution in [0.4, 0.5) is 0 Å². The third-order valence-corrected chi connectivity index (χ3v) is 3.93. The molecular weight excluding hydrogens is 282 g/mol. The molecule has 1 fully saturated rings. The fraction of sp³-hybridized carbons (Fsp3) is 0.375. The number of carbonyl (C=O) groups is 1. The van der Waals surface area contributed by atoms with Gasteiger partial charge in [-0.3, -0.25) is 9.89 Å². The van der Waals surface area contributed by atoms with Crippen LogP contribution in [0.2, 0.25) is 0 Å². The van der Waals surface area contributed by atoms with Crippen molar-refractivity contribution in [2.24, 2.45) is 0 Å². The van der Waals surface area contributed by atoms with Crippen LogP contribution in [0.5, 0.6) is 5.75 Å². The maximum atomic E-state index is 12.3. The molecule has 6 heteroatoms. The number of amides is 1. The van der Waals surface area contributed by atoms with Crippen LogP contribution < -0.4 is 10.1 Å². The van der Waals surface area contributed by atoms with E-state index in [9.17, 15) is 4.79 Å². The lowest BCUT2D eigenvalue weighted by molar-refractivity contribution is 0.0894. The molecular formula is C16H19N3O3. The SMILES string of the molecule is O=C(N[C@H]1CCC[C@H]1Oc1cn[nH]c1)c1ccc(CO)cc1. The van der Waals surface area contributed by atoms with E-state index in [-0.39, 0.29) is 24.7 Å². The van der Waals surface area contributed by atoms with Gasteiger partial charge in [0.2, 0.25) is 0 Å². The van der Waals surface area contributed by atoms with Crippen molar-refractivity contribution in [1.82, 2.24) is 15.5 Å². The van der Waals surface area contributed by atoms with Gasteiger partial charge in [0.15, 0.2) is 5.75 Å². The molecule has 0 radical (unpaired) electrons. The van der Waals surface area contributed by atoms with Crippen molar-refractivity contribution in [1.29, 1.82) is 0 Å². The number of aromatic amines is 1. The Kier molecular flexibility index (Phi) is 4.39. The first kappa shape index (κ1) is 14.6. The van der Waals surface area contributed by atoms with Gasteiger partial charge in [0.05, 0.1) is 25.0 Å². The molecule has 0 unspecified atom stereocenters. The van der Waals surface area contributed by atoms with Crippen molar-refractivity contribution in [2.45, 2.75) is 38.0 Å². The predicted molar refractivity (Wildman–Crippen MR) is 80.5 cm³/mol. The van der Waals surface area contributed by atoms with Crippen molar-refractivity contribution in [3.63, 3.8) is 0 Å². The van der Waals surface area contributed by atoms with Gasteiger partial charge < -0.3 is 15.2 Å². The highest BCUT2D eigenvalue weighted by atomic mass is 16.5. The van der Waals surface area contributed by atoms with Gasteiger partial charge in [0, 0.05) is 5.56 Å². The van der Waals surface area contributed by atoms with E-state index >= 15 is 0 Å². The van der Waals surface area contributed by atoms with Crippen molar-refractivity contribution in [3.8, 4) is 5.75 Å². The maximum Gasteiger partial charge on any atom is 0.251 e. The maximum absolute atomic E-state index is 12.3. The number of carbonyl (C=O) groups excluding carboxylic acids is 1. The van der Waals surface area contributed by atoms with Crippen molar-refractivity contribution < 1.29 is 14.6 Å². The monoisotopic (exact) mass is 301 g/mol. The van der Waals surface area contributed by atoms with Crippen molar-refractivity contribution >= 4 is 5.91 Å². The summed E-state index contributed by atoms with van der Waals surface area (Å²) in [5, 5.41) is 18.6. The van der Waals surface area contributed by atoms with Crippen LogP contribution in [0.3, 0.4) is 0 Å². The number of H-pyrrole nitrogens is 1. The van der Waals surface area contributed by atoms with Crippen LogP contribution >= 0.6 is 0 Å². The lowest BCUT2D eigenvalue weighted by Gasteiger charge is -2.21. The van der Waals surface area contributed by atoms with E-state index < -0.39 is 0 Å². The molecule has 0 aliphatic heterocycles. The lowest BCUT2D eigenvalue weighted by Crippen LogP contribution is -2.42. The molecule has 1 amide bonds. The zero-order valence-corrected chi connectivity index (χ0v) is 12.2. The summed E-state index contributed by atoms with van der Waals surface area (Å²) in [6, 6.07) is 6.95. The molecule has 3 rings (SSSR count). The molecule has 1 saturated carbocycles. The smallest absolute Gasteiger partial charge is 0.251 e. The van der Waals surface area contributed by atoms with E-state index in [0.717, 1.165) is 24.8 Å². The fourth-order valence-corrected chi connectivity index (χ4v) is 2.72. The molecule has 1 aliphatic carbocycles. The quantitative estimate of drug-likeness (QED) is 0.783. The number of rotatable bonds is 5. The van der Waals surface area contributed by atoms with E-state index in [1.165, 1.54) is 0 Å². The number of aliphatic hydroxyl groups excluding tert-OH is 1. The highest BCUT2D eigenvalue weighted by Crippen LogP contribution is 2.24. The summed E-state index contributed by atoms with van der Waals surface area (Å²) in [6.07, 6.45) is 6.15. The summed E-state index contributed by atoms with van der Waals surface area (Å²) in [4.78, 5) is 12.3. The first-order valence-corrected chi connectivity index (χ1v) is 7.42. The number of nitrogens with one attached hydrogen (secondary N) is 2. The highest BCUT2D eigenvalue weighted by Gasteiger charge is 2.30. The molecule has 1 aromatic heterocycles. The Morgan fingerprint density at radius 1 is 1.36 bits per heavy atom. The normalized spacial score (nSPS) is 20.8. The van der Waals surface area contributed by atoms with Gasteiger partial charge in [-0.1, -0.05) is 12.1 Å². The second-order valence-electron chi connectivity index (χ2n) is 5.46. The van der Waals surface area contributed by atoms with Crippen LogP contribution in [0, 0.1) is 0 Å². The second-order valence-corrected chi connectivity index (χ2v) is 5.46. The Bertz CT molecular complexity index is 610. The van der Waals surface area contributed by atoms with Crippen LogP contribution in [0.25, 0.3) is 0 Å². The molecule has 0 bridgehead atoms. The Morgan fingerprint density at radius 3 is 2.86 bits per heavy atom. The number of hydrogen-bond donors (Lipinski definition) is 3. The largest absolute Gasteiger partial charge is 0.485 e. The molecule has 116 valence electrons. The molecule has 2 aromatic rings. The number of nitrogens with zero attached hydrogens (tertiary/aromatic N) is 1. The Balaban J connectivity index is 1.61. The summed E-state index contributed by atoms with van der Waals surface area (Å²) in [7, 11) is 0. The zero-order chi connectivity index (χ0) is 15.4. The molecule has 22 heavy (non-hydrogen) atoms. The minimum atomic E-state index is -0.114.